The van der Waals surface area contributed by atoms with Crippen LogP contribution in [0.2, 0.25) is 0 Å². The van der Waals surface area contributed by atoms with Crippen LogP contribution < -0.4 is 10.6 Å². The van der Waals surface area contributed by atoms with Crippen molar-refractivity contribution in [3.8, 4) is 0 Å². The first-order chi connectivity index (χ1) is 8.03. The predicted octanol–water partition coefficient (Wildman–Crippen LogP) is 0.311. The van der Waals surface area contributed by atoms with Crippen molar-refractivity contribution in [2.45, 2.75) is 38.6 Å². The lowest BCUT2D eigenvalue weighted by Crippen LogP contribution is -2.47. The summed E-state index contributed by atoms with van der Waals surface area (Å²) < 4.78 is 0. The van der Waals surface area contributed by atoms with E-state index >= 15 is 0 Å². The van der Waals surface area contributed by atoms with E-state index in [1.54, 1.807) is 0 Å². The first-order valence-corrected chi connectivity index (χ1v) is 5.91. The molecule has 6 nitrogen and oxygen atoms in total. The Hall–Kier alpha value is -1.30. The van der Waals surface area contributed by atoms with E-state index in [2.05, 4.69) is 17.6 Å². The Kier molecular flexibility index (Phi) is 4.74. The van der Waals surface area contributed by atoms with Gasteiger partial charge in [0.05, 0.1) is 0 Å². The highest BCUT2D eigenvalue weighted by Crippen LogP contribution is 2.47. The number of hydrogen-bond acceptors (Lipinski definition) is 3. The molecule has 2 amide bonds. The molecule has 4 N–H and O–H groups in total. The Labute approximate surface area is 100 Å². The van der Waals surface area contributed by atoms with Gasteiger partial charge < -0.3 is 20.8 Å². The lowest BCUT2D eigenvalue weighted by molar-refractivity contribution is -0.139. The van der Waals surface area contributed by atoms with Gasteiger partial charge in [-0.25, -0.2) is 9.59 Å². The zero-order chi connectivity index (χ0) is 12.9. The van der Waals surface area contributed by atoms with E-state index in [1.807, 2.05) is 0 Å². The molecule has 6 heteroatoms. The van der Waals surface area contributed by atoms with Crippen molar-refractivity contribution in [3.05, 3.63) is 0 Å². The Morgan fingerprint density at radius 1 is 1.41 bits per heavy atom. The summed E-state index contributed by atoms with van der Waals surface area (Å²) in [5.41, 5.74) is 0.229. The molecule has 0 aliphatic heterocycles. The minimum Gasteiger partial charge on any atom is -0.480 e. The number of rotatable bonds is 7. The molecule has 1 fully saturated rings. The smallest absolute Gasteiger partial charge is 0.326 e. The van der Waals surface area contributed by atoms with Gasteiger partial charge in [0.1, 0.15) is 6.04 Å². The maximum atomic E-state index is 11.5. The van der Waals surface area contributed by atoms with Crippen LogP contribution in [-0.4, -0.2) is 41.4 Å². The Balaban J connectivity index is 2.29. The molecular weight excluding hydrogens is 224 g/mol. The number of carboxylic acid groups (broad SMARTS) is 1. The van der Waals surface area contributed by atoms with Gasteiger partial charge in [-0.1, -0.05) is 6.92 Å². The number of aliphatic hydroxyl groups excluding tert-OH is 1. The van der Waals surface area contributed by atoms with E-state index in [1.165, 1.54) is 0 Å². The number of carbonyl (C=O) groups is 2. The zero-order valence-electron chi connectivity index (χ0n) is 10.0. The largest absolute Gasteiger partial charge is 0.480 e. The van der Waals surface area contributed by atoms with Crippen LogP contribution in [0.3, 0.4) is 0 Å². The quantitative estimate of drug-likeness (QED) is 0.518. The number of carboxylic acids is 1. The fraction of sp³-hybridized carbons (Fsp3) is 0.818. The molecule has 1 aliphatic rings. The summed E-state index contributed by atoms with van der Waals surface area (Å²) in [5, 5.41) is 22.5. The molecule has 0 radical (unpaired) electrons. The van der Waals surface area contributed by atoms with Gasteiger partial charge in [0.25, 0.3) is 0 Å². The second-order valence-electron chi connectivity index (χ2n) is 4.58. The van der Waals surface area contributed by atoms with Gasteiger partial charge in [-0.05, 0) is 24.7 Å². The second-order valence-corrected chi connectivity index (χ2v) is 4.58. The second kappa shape index (κ2) is 5.86. The van der Waals surface area contributed by atoms with Crippen molar-refractivity contribution in [3.63, 3.8) is 0 Å². The van der Waals surface area contributed by atoms with Gasteiger partial charge >= 0.3 is 12.0 Å². The zero-order valence-corrected chi connectivity index (χ0v) is 10.0. The first kappa shape index (κ1) is 13.8. The molecular formula is C11H20N2O4. The number of amides is 2. The fourth-order valence-corrected chi connectivity index (χ4v) is 1.70. The van der Waals surface area contributed by atoms with E-state index in [4.69, 9.17) is 10.2 Å². The Morgan fingerprint density at radius 2 is 2.06 bits per heavy atom. The summed E-state index contributed by atoms with van der Waals surface area (Å²) in [6.45, 7) is 2.40. The van der Waals surface area contributed by atoms with Crippen LogP contribution in [-0.2, 0) is 4.79 Å². The van der Waals surface area contributed by atoms with Gasteiger partial charge in [-0.15, -0.1) is 0 Å². The summed E-state index contributed by atoms with van der Waals surface area (Å²) in [6, 6.07) is -1.51. The lowest BCUT2D eigenvalue weighted by atomic mass is 10.0. The van der Waals surface area contributed by atoms with Gasteiger partial charge in [-0.2, -0.15) is 0 Å². The molecule has 0 spiro atoms. The summed E-state index contributed by atoms with van der Waals surface area (Å²) in [6.07, 6.45) is 3.26. The van der Waals surface area contributed by atoms with Crippen LogP contribution in [0.25, 0.3) is 0 Å². The summed E-state index contributed by atoms with van der Waals surface area (Å²) in [7, 11) is 0. The number of urea groups is 1. The van der Waals surface area contributed by atoms with Crippen LogP contribution >= 0.6 is 0 Å². The molecule has 17 heavy (non-hydrogen) atoms. The third-order valence-electron chi connectivity index (χ3n) is 3.35. The van der Waals surface area contributed by atoms with Crippen molar-refractivity contribution >= 4 is 12.0 Å². The summed E-state index contributed by atoms with van der Waals surface area (Å²) in [5.74, 6) is -1.13. The minimum atomic E-state index is -1.13. The molecule has 0 bridgehead atoms. The van der Waals surface area contributed by atoms with Crippen LogP contribution in [0.15, 0.2) is 0 Å². The molecule has 1 rings (SSSR count). The van der Waals surface area contributed by atoms with Crippen molar-refractivity contribution in [1.82, 2.24) is 10.6 Å². The minimum absolute atomic E-state index is 0.0155. The number of carbonyl (C=O) groups excluding carboxylic acids is 1. The third kappa shape index (κ3) is 4.22. The molecule has 0 unspecified atom stereocenters. The highest BCUT2D eigenvalue weighted by Gasteiger charge is 2.40. The standard InChI is InChI=1S/C11H20N2O4/c1-2-11(4-5-11)7-12-10(17)13-8(3-6-14)9(15)16/h8,14H,2-7H2,1H3,(H,15,16)(H2,12,13,17)/t8-/m0/s1. The van der Waals surface area contributed by atoms with E-state index in [9.17, 15) is 9.59 Å². The van der Waals surface area contributed by atoms with Crippen molar-refractivity contribution in [1.29, 1.82) is 0 Å². The van der Waals surface area contributed by atoms with Gasteiger partial charge in [0.2, 0.25) is 0 Å². The highest BCUT2D eigenvalue weighted by atomic mass is 16.4. The molecule has 0 aromatic heterocycles. The SMILES string of the molecule is CCC1(CNC(=O)N[C@@H](CCO)C(=O)O)CC1. The first-order valence-electron chi connectivity index (χ1n) is 5.91. The Bertz CT molecular complexity index is 289. The molecule has 1 atom stereocenters. The van der Waals surface area contributed by atoms with Crippen LogP contribution in [0.4, 0.5) is 4.79 Å². The summed E-state index contributed by atoms with van der Waals surface area (Å²) >= 11 is 0. The third-order valence-corrected chi connectivity index (χ3v) is 3.35. The van der Waals surface area contributed by atoms with Crippen molar-refractivity contribution < 1.29 is 19.8 Å². The number of aliphatic carboxylic acids is 1. The molecule has 98 valence electrons. The number of hydrogen-bond donors (Lipinski definition) is 4. The van der Waals surface area contributed by atoms with Gasteiger partial charge in [0, 0.05) is 19.6 Å². The molecule has 1 saturated carbocycles. The predicted molar refractivity (Wildman–Crippen MR) is 61.6 cm³/mol. The van der Waals surface area contributed by atoms with E-state index in [-0.39, 0.29) is 18.4 Å². The maximum absolute atomic E-state index is 11.5. The summed E-state index contributed by atoms with van der Waals surface area (Å²) in [4.78, 5) is 22.2. The average molecular weight is 244 g/mol. The fourth-order valence-electron chi connectivity index (χ4n) is 1.70. The molecule has 1 aliphatic carbocycles. The monoisotopic (exact) mass is 244 g/mol. The van der Waals surface area contributed by atoms with Crippen molar-refractivity contribution in [2.24, 2.45) is 5.41 Å². The van der Waals surface area contributed by atoms with E-state index < -0.39 is 18.0 Å². The van der Waals surface area contributed by atoms with E-state index in [0.717, 1.165) is 19.3 Å². The average Bonchev–Trinajstić information content (AvgIpc) is 3.06. The topological polar surface area (TPSA) is 98.7 Å². The van der Waals surface area contributed by atoms with Crippen LogP contribution in [0.5, 0.6) is 0 Å². The van der Waals surface area contributed by atoms with Gasteiger partial charge in [-0.3, -0.25) is 0 Å². The lowest BCUT2D eigenvalue weighted by Gasteiger charge is -2.17. The van der Waals surface area contributed by atoms with Gasteiger partial charge in [0.15, 0.2) is 0 Å². The van der Waals surface area contributed by atoms with E-state index in [0.29, 0.717) is 6.54 Å². The van der Waals surface area contributed by atoms with Crippen LogP contribution in [0.1, 0.15) is 32.6 Å². The number of nitrogens with one attached hydrogen (secondary N) is 2. The highest BCUT2D eigenvalue weighted by molar-refractivity contribution is 5.82. The molecule has 0 aromatic carbocycles. The Morgan fingerprint density at radius 3 is 2.47 bits per heavy atom. The normalized spacial score (nSPS) is 18.2. The van der Waals surface area contributed by atoms with Crippen molar-refractivity contribution in [2.75, 3.05) is 13.2 Å². The molecule has 0 saturated heterocycles. The molecule has 0 aromatic rings. The molecule has 0 heterocycles. The number of aliphatic hydroxyl groups is 1. The van der Waals surface area contributed by atoms with Crippen LogP contribution in [0, 0.1) is 5.41 Å². The maximum Gasteiger partial charge on any atom is 0.326 e.